The van der Waals surface area contributed by atoms with E-state index in [0.29, 0.717) is 12.5 Å². The van der Waals surface area contributed by atoms with Gasteiger partial charge in [0, 0.05) is 16.5 Å². The largest absolute Gasteiger partial charge is 0.477 e. The zero-order chi connectivity index (χ0) is 15.5. The number of rotatable bonds is 5. The summed E-state index contributed by atoms with van der Waals surface area (Å²) in [6.07, 6.45) is 4.55. The monoisotopic (exact) mass is 377 g/mol. The molecule has 0 amide bonds. The highest BCUT2D eigenvalue weighted by atomic mass is 79.9. The smallest absolute Gasteiger partial charge is 0.264 e. The maximum absolute atomic E-state index is 11.3. The van der Waals surface area contributed by atoms with Gasteiger partial charge in [-0.25, -0.2) is 4.98 Å². The number of hydrogen-bond donors (Lipinski definition) is 0. The first-order valence-electron chi connectivity index (χ1n) is 6.99. The zero-order valence-electron chi connectivity index (χ0n) is 12.2. The van der Waals surface area contributed by atoms with Gasteiger partial charge in [-0.05, 0) is 41.8 Å². The van der Waals surface area contributed by atoms with Crippen molar-refractivity contribution in [1.82, 2.24) is 4.98 Å². The summed E-state index contributed by atoms with van der Waals surface area (Å²) in [5, 5.41) is 0. The maximum Gasteiger partial charge on any atom is 0.264 e. The maximum atomic E-state index is 11.3. The van der Waals surface area contributed by atoms with E-state index in [1.165, 1.54) is 0 Å². The van der Waals surface area contributed by atoms with Gasteiger partial charge in [-0.2, -0.15) is 8.42 Å². The summed E-state index contributed by atoms with van der Waals surface area (Å²) >= 11 is 3.39. The fraction of sp³-hybridized carbons (Fsp3) is 0.643. The highest BCUT2D eigenvalue weighted by Crippen LogP contribution is 2.28. The second-order valence-corrected chi connectivity index (χ2v) is 7.87. The minimum atomic E-state index is -3.43. The number of hydrogen-bond acceptors (Lipinski definition) is 5. The normalized spacial score (nSPS) is 23.0. The Morgan fingerprint density at radius 1 is 1.33 bits per heavy atom. The van der Waals surface area contributed by atoms with Gasteiger partial charge < -0.3 is 4.74 Å². The van der Waals surface area contributed by atoms with Crippen LogP contribution in [0.15, 0.2) is 16.6 Å². The second-order valence-electron chi connectivity index (χ2n) is 5.41. The third kappa shape index (κ3) is 5.23. The standard InChI is InChI=1S/C14H20BrNO4S/c1-10-12(15)7-8-14(16-10)19-9-11-5-3-4-6-13(11)20-21(2,17)18/h7-8,11,13H,3-6,9H2,1-2H3/t11-,13-/m0/s1. The van der Waals surface area contributed by atoms with Crippen LogP contribution in [0.3, 0.4) is 0 Å². The van der Waals surface area contributed by atoms with Crippen molar-refractivity contribution in [2.75, 3.05) is 12.9 Å². The van der Waals surface area contributed by atoms with Crippen molar-refractivity contribution in [3.8, 4) is 5.88 Å². The first kappa shape index (κ1) is 16.7. The Labute approximate surface area is 134 Å². The molecule has 118 valence electrons. The summed E-state index contributed by atoms with van der Waals surface area (Å²) in [6, 6.07) is 3.69. The van der Waals surface area contributed by atoms with Crippen LogP contribution in [-0.2, 0) is 14.3 Å². The van der Waals surface area contributed by atoms with Crippen LogP contribution >= 0.6 is 15.9 Å². The lowest BCUT2D eigenvalue weighted by atomic mass is 9.87. The van der Waals surface area contributed by atoms with Crippen LogP contribution < -0.4 is 4.74 Å². The topological polar surface area (TPSA) is 65.5 Å². The van der Waals surface area contributed by atoms with Crippen LogP contribution in [0.4, 0.5) is 0 Å². The number of pyridine rings is 1. The van der Waals surface area contributed by atoms with E-state index in [0.717, 1.165) is 42.1 Å². The Hall–Kier alpha value is -0.660. The summed E-state index contributed by atoms with van der Waals surface area (Å²) in [4.78, 5) is 4.33. The molecule has 0 radical (unpaired) electrons. The molecule has 0 bridgehead atoms. The van der Waals surface area contributed by atoms with E-state index in [9.17, 15) is 8.42 Å². The second kappa shape index (κ2) is 7.07. The lowest BCUT2D eigenvalue weighted by Gasteiger charge is -2.30. The Morgan fingerprint density at radius 3 is 2.71 bits per heavy atom. The highest BCUT2D eigenvalue weighted by Gasteiger charge is 2.29. The third-order valence-corrected chi connectivity index (χ3v) is 5.01. The molecule has 0 N–H and O–H groups in total. The first-order chi connectivity index (χ1) is 9.85. The molecule has 0 spiro atoms. The Kier molecular flexibility index (Phi) is 5.62. The first-order valence-corrected chi connectivity index (χ1v) is 9.60. The van der Waals surface area contributed by atoms with Crippen LogP contribution in [-0.4, -0.2) is 32.4 Å². The molecule has 0 aliphatic heterocycles. The Balaban J connectivity index is 1.97. The molecule has 2 atom stereocenters. The molecule has 7 heteroatoms. The number of aryl methyl sites for hydroxylation is 1. The number of nitrogens with zero attached hydrogens (tertiary/aromatic N) is 1. The third-order valence-electron chi connectivity index (χ3n) is 3.58. The van der Waals surface area contributed by atoms with Crippen molar-refractivity contribution in [3.63, 3.8) is 0 Å². The predicted octanol–water partition coefficient (Wildman–Crippen LogP) is 3.07. The van der Waals surface area contributed by atoms with Crippen LogP contribution in [0, 0.1) is 12.8 Å². The molecule has 0 saturated heterocycles. The van der Waals surface area contributed by atoms with Crippen LogP contribution in [0.5, 0.6) is 5.88 Å². The zero-order valence-corrected chi connectivity index (χ0v) is 14.6. The van der Waals surface area contributed by atoms with Gasteiger partial charge in [0.1, 0.15) is 0 Å². The summed E-state index contributed by atoms with van der Waals surface area (Å²) in [6.45, 7) is 2.32. The van der Waals surface area contributed by atoms with Gasteiger partial charge >= 0.3 is 0 Å². The quantitative estimate of drug-likeness (QED) is 0.737. The van der Waals surface area contributed by atoms with Gasteiger partial charge in [0.05, 0.1) is 24.7 Å². The molecule has 2 rings (SSSR count). The fourth-order valence-corrected chi connectivity index (χ4v) is 3.43. The van der Waals surface area contributed by atoms with Crippen molar-refractivity contribution in [2.45, 2.75) is 38.7 Å². The van der Waals surface area contributed by atoms with E-state index in [-0.39, 0.29) is 12.0 Å². The van der Waals surface area contributed by atoms with Crippen molar-refractivity contribution < 1.29 is 17.3 Å². The van der Waals surface area contributed by atoms with E-state index >= 15 is 0 Å². The fourth-order valence-electron chi connectivity index (χ4n) is 2.51. The molecule has 1 aliphatic carbocycles. The molecule has 5 nitrogen and oxygen atoms in total. The lowest BCUT2D eigenvalue weighted by Crippen LogP contribution is -2.33. The van der Waals surface area contributed by atoms with Gasteiger partial charge in [0.2, 0.25) is 5.88 Å². The Morgan fingerprint density at radius 2 is 2.05 bits per heavy atom. The molecule has 1 saturated carbocycles. The van der Waals surface area contributed by atoms with E-state index in [1.54, 1.807) is 6.07 Å². The minimum Gasteiger partial charge on any atom is -0.477 e. The molecule has 1 aromatic rings. The molecule has 1 aromatic heterocycles. The van der Waals surface area contributed by atoms with Gasteiger partial charge in [-0.1, -0.05) is 12.8 Å². The summed E-state index contributed by atoms with van der Waals surface area (Å²) in [7, 11) is -3.43. The molecular weight excluding hydrogens is 358 g/mol. The van der Waals surface area contributed by atoms with Crippen molar-refractivity contribution in [1.29, 1.82) is 0 Å². The van der Waals surface area contributed by atoms with Crippen molar-refractivity contribution in [2.24, 2.45) is 5.92 Å². The highest BCUT2D eigenvalue weighted by molar-refractivity contribution is 9.10. The van der Waals surface area contributed by atoms with E-state index in [1.807, 2.05) is 13.0 Å². The summed E-state index contributed by atoms with van der Waals surface area (Å²) in [5.74, 6) is 0.638. The van der Waals surface area contributed by atoms with Gasteiger partial charge in [-0.15, -0.1) is 0 Å². The van der Waals surface area contributed by atoms with E-state index in [4.69, 9.17) is 8.92 Å². The van der Waals surface area contributed by atoms with E-state index in [2.05, 4.69) is 20.9 Å². The molecule has 1 fully saturated rings. The molecule has 1 heterocycles. The summed E-state index contributed by atoms with van der Waals surface area (Å²) < 4.78 is 34.5. The number of aromatic nitrogens is 1. The molecule has 21 heavy (non-hydrogen) atoms. The number of ether oxygens (including phenoxy) is 1. The lowest BCUT2D eigenvalue weighted by molar-refractivity contribution is 0.0653. The van der Waals surface area contributed by atoms with Gasteiger partial charge in [0.15, 0.2) is 0 Å². The average Bonchev–Trinajstić information content (AvgIpc) is 2.40. The van der Waals surface area contributed by atoms with Crippen LogP contribution in [0.25, 0.3) is 0 Å². The van der Waals surface area contributed by atoms with E-state index < -0.39 is 10.1 Å². The van der Waals surface area contributed by atoms with Gasteiger partial charge in [0.25, 0.3) is 10.1 Å². The average molecular weight is 378 g/mol. The Bertz CT molecular complexity index is 591. The molecular formula is C14H20BrNO4S. The molecule has 0 unspecified atom stereocenters. The summed E-state index contributed by atoms with van der Waals surface area (Å²) in [5.41, 5.74) is 0.861. The van der Waals surface area contributed by atoms with Crippen molar-refractivity contribution in [3.05, 3.63) is 22.3 Å². The predicted molar refractivity (Wildman–Crippen MR) is 83.8 cm³/mol. The molecule has 1 aliphatic rings. The minimum absolute atomic E-state index is 0.0826. The number of halogens is 1. The van der Waals surface area contributed by atoms with Gasteiger partial charge in [-0.3, -0.25) is 4.18 Å². The van der Waals surface area contributed by atoms with Crippen LogP contribution in [0.1, 0.15) is 31.4 Å². The van der Waals surface area contributed by atoms with Crippen LogP contribution in [0.2, 0.25) is 0 Å². The molecule has 0 aromatic carbocycles. The SMILES string of the molecule is Cc1nc(OC[C@@H]2CCCC[C@@H]2OS(C)(=O)=O)ccc1Br. The van der Waals surface area contributed by atoms with Crippen molar-refractivity contribution >= 4 is 26.0 Å².